The number of nitrogens with zero attached hydrogens (tertiary/aromatic N) is 1. The average molecular weight is 282 g/mol. The zero-order chi connectivity index (χ0) is 14.4. The van der Waals surface area contributed by atoms with Gasteiger partial charge in [-0.25, -0.2) is 0 Å². The van der Waals surface area contributed by atoms with Crippen LogP contribution >= 0.6 is 0 Å². The highest BCUT2D eigenvalue weighted by atomic mass is 16.5. The van der Waals surface area contributed by atoms with Gasteiger partial charge in [-0.15, -0.1) is 0 Å². The second-order valence-corrected chi connectivity index (χ2v) is 6.90. The highest BCUT2D eigenvalue weighted by Gasteiger charge is 2.28. The Kier molecular flexibility index (Phi) is 5.85. The Balaban J connectivity index is 1.70. The van der Waals surface area contributed by atoms with Crippen LogP contribution in [0.2, 0.25) is 0 Å². The van der Waals surface area contributed by atoms with E-state index in [1.54, 1.807) is 0 Å². The quantitative estimate of drug-likeness (QED) is 0.840. The minimum absolute atomic E-state index is 0.0198. The molecule has 4 heteroatoms. The van der Waals surface area contributed by atoms with E-state index < -0.39 is 0 Å². The summed E-state index contributed by atoms with van der Waals surface area (Å²) in [6.45, 7) is 8.69. The Morgan fingerprint density at radius 2 is 1.85 bits per heavy atom. The average Bonchev–Trinajstić information content (AvgIpc) is 2.47. The minimum Gasteiger partial charge on any atom is -0.379 e. The third kappa shape index (κ3) is 4.74. The molecule has 0 aromatic heterocycles. The number of carbonyl (C=O) groups excluding carboxylic acids is 1. The SMILES string of the molecule is CC(C)(CNC(=O)CC1CCCCC1)N1CCOCC1. The molecule has 0 aromatic carbocycles. The first-order chi connectivity index (χ1) is 9.58. The Morgan fingerprint density at radius 3 is 2.50 bits per heavy atom. The summed E-state index contributed by atoms with van der Waals surface area (Å²) in [5, 5.41) is 3.15. The van der Waals surface area contributed by atoms with Gasteiger partial charge in [0.25, 0.3) is 0 Å². The number of morpholine rings is 1. The molecule has 0 atom stereocenters. The van der Waals surface area contributed by atoms with Gasteiger partial charge >= 0.3 is 0 Å². The molecule has 0 radical (unpaired) electrons. The first-order valence-electron chi connectivity index (χ1n) is 8.17. The lowest BCUT2D eigenvalue weighted by Crippen LogP contribution is -2.55. The monoisotopic (exact) mass is 282 g/mol. The van der Waals surface area contributed by atoms with Crippen molar-refractivity contribution < 1.29 is 9.53 Å². The fraction of sp³-hybridized carbons (Fsp3) is 0.938. The molecule has 0 aromatic rings. The summed E-state index contributed by atoms with van der Waals surface area (Å²) in [5.41, 5.74) is 0.0198. The fourth-order valence-electron chi connectivity index (χ4n) is 3.32. The van der Waals surface area contributed by atoms with Crippen LogP contribution in [0, 0.1) is 5.92 Å². The molecule has 116 valence electrons. The third-order valence-corrected chi connectivity index (χ3v) is 4.78. The lowest BCUT2D eigenvalue weighted by atomic mass is 9.87. The summed E-state index contributed by atoms with van der Waals surface area (Å²) in [4.78, 5) is 14.5. The molecule has 2 rings (SSSR count). The summed E-state index contributed by atoms with van der Waals surface area (Å²) < 4.78 is 5.39. The zero-order valence-electron chi connectivity index (χ0n) is 13.1. The van der Waals surface area contributed by atoms with Crippen LogP contribution in [0.5, 0.6) is 0 Å². The molecule has 2 aliphatic rings. The van der Waals surface area contributed by atoms with E-state index in [2.05, 4.69) is 24.1 Å². The number of nitrogens with one attached hydrogen (secondary N) is 1. The molecule has 4 nitrogen and oxygen atoms in total. The van der Waals surface area contributed by atoms with Gasteiger partial charge < -0.3 is 10.1 Å². The van der Waals surface area contributed by atoms with Crippen molar-refractivity contribution in [1.29, 1.82) is 0 Å². The van der Waals surface area contributed by atoms with Gasteiger partial charge in [-0.05, 0) is 32.6 Å². The van der Waals surface area contributed by atoms with Crippen molar-refractivity contribution in [3.05, 3.63) is 0 Å². The van der Waals surface area contributed by atoms with Gasteiger partial charge in [0.2, 0.25) is 5.91 Å². The van der Waals surface area contributed by atoms with Crippen LogP contribution in [0.1, 0.15) is 52.4 Å². The highest BCUT2D eigenvalue weighted by Crippen LogP contribution is 2.26. The smallest absolute Gasteiger partial charge is 0.220 e. The van der Waals surface area contributed by atoms with Crippen molar-refractivity contribution in [2.75, 3.05) is 32.8 Å². The van der Waals surface area contributed by atoms with Crippen molar-refractivity contribution in [2.45, 2.75) is 57.9 Å². The van der Waals surface area contributed by atoms with Gasteiger partial charge in [0.05, 0.1) is 13.2 Å². The maximum atomic E-state index is 12.1. The number of hydrogen-bond acceptors (Lipinski definition) is 3. The van der Waals surface area contributed by atoms with Gasteiger partial charge in [-0.2, -0.15) is 0 Å². The molecule has 1 aliphatic heterocycles. The van der Waals surface area contributed by atoms with Crippen molar-refractivity contribution in [2.24, 2.45) is 5.92 Å². The predicted molar refractivity (Wildman–Crippen MR) is 80.7 cm³/mol. The maximum Gasteiger partial charge on any atom is 0.220 e. The van der Waals surface area contributed by atoms with Crippen LogP contribution in [0.25, 0.3) is 0 Å². The molecule has 1 N–H and O–H groups in total. The highest BCUT2D eigenvalue weighted by molar-refractivity contribution is 5.76. The third-order valence-electron chi connectivity index (χ3n) is 4.78. The molecule has 1 saturated heterocycles. The van der Waals surface area contributed by atoms with Crippen LogP contribution in [0.15, 0.2) is 0 Å². The van der Waals surface area contributed by atoms with E-state index in [-0.39, 0.29) is 11.4 Å². The Hall–Kier alpha value is -0.610. The molecule has 0 unspecified atom stereocenters. The first kappa shape index (κ1) is 15.8. The van der Waals surface area contributed by atoms with Gasteiger partial charge in [-0.1, -0.05) is 19.3 Å². The van der Waals surface area contributed by atoms with Crippen LogP contribution < -0.4 is 5.32 Å². The van der Waals surface area contributed by atoms with Crippen LogP contribution in [-0.2, 0) is 9.53 Å². The Morgan fingerprint density at radius 1 is 1.20 bits per heavy atom. The largest absolute Gasteiger partial charge is 0.379 e. The summed E-state index contributed by atoms with van der Waals surface area (Å²) in [7, 11) is 0. The van der Waals surface area contributed by atoms with Gasteiger partial charge in [0, 0.05) is 31.6 Å². The lowest BCUT2D eigenvalue weighted by molar-refractivity contribution is -0.123. The normalized spacial score (nSPS) is 22.7. The summed E-state index contributed by atoms with van der Waals surface area (Å²) in [6, 6.07) is 0. The second-order valence-electron chi connectivity index (χ2n) is 6.90. The van der Waals surface area contributed by atoms with Gasteiger partial charge in [-0.3, -0.25) is 9.69 Å². The topological polar surface area (TPSA) is 41.6 Å². The van der Waals surface area contributed by atoms with Crippen molar-refractivity contribution in [3.8, 4) is 0 Å². The number of amides is 1. The van der Waals surface area contributed by atoms with E-state index in [0.29, 0.717) is 5.92 Å². The summed E-state index contributed by atoms with van der Waals surface area (Å²) in [6.07, 6.45) is 7.15. The van der Waals surface area contributed by atoms with E-state index in [4.69, 9.17) is 4.74 Å². The van der Waals surface area contributed by atoms with Crippen LogP contribution in [0.3, 0.4) is 0 Å². The number of carbonyl (C=O) groups is 1. The molecule has 20 heavy (non-hydrogen) atoms. The molecular formula is C16H30N2O2. The molecule has 0 spiro atoms. The maximum absolute atomic E-state index is 12.1. The fourth-order valence-corrected chi connectivity index (χ4v) is 3.32. The van der Waals surface area contributed by atoms with Crippen molar-refractivity contribution in [1.82, 2.24) is 10.2 Å². The molecule has 1 heterocycles. The summed E-state index contributed by atoms with van der Waals surface area (Å²) >= 11 is 0. The number of hydrogen-bond donors (Lipinski definition) is 1. The van der Waals surface area contributed by atoms with E-state index in [1.807, 2.05) is 0 Å². The molecule has 2 fully saturated rings. The van der Waals surface area contributed by atoms with Crippen molar-refractivity contribution in [3.63, 3.8) is 0 Å². The van der Waals surface area contributed by atoms with E-state index in [9.17, 15) is 4.79 Å². The van der Waals surface area contributed by atoms with E-state index in [0.717, 1.165) is 39.3 Å². The number of ether oxygens (including phenoxy) is 1. The molecule has 1 saturated carbocycles. The minimum atomic E-state index is 0.0198. The standard InChI is InChI=1S/C16H30N2O2/c1-16(2,18-8-10-20-11-9-18)13-17-15(19)12-14-6-4-3-5-7-14/h14H,3-13H2,1-2H3,(H,17,19). The second kappa shape index (κ2) is 7.41. The Labute approximate surface area is 123 Å². The number of rotatable bonds is 5. The van der Waals surface area contributed by atoms with Gasteiger partial charge in [0.1, 0.15) is 0 Å². The van der Waals surface area contributed by atoms with E-state index in [1.165, 1.54) is 32.1 Å². The van der Waals surface area contributed by atoms with Crippen LogP contribution in [-0.4, -0.2) is 49.2 Å². The van der Waals surface area contributed by atoms with E-state index >= 15 is 0 Å². The van der Waals surface area contributed by atoms with Gasteiger partial charge in [0.15, 0.2) is 0 Å². The first-order valence-corrected chi connectivity index (χ1v) is 8.17. The molecule has 1 aliphatic carbocycles. The summed E-state index contributed by atoms with van der Waals surface area (Å²) in [5.74, 6) is 0.855. The zero-order valence-corrected chi connectivity index (χ0v) is 13.1. The Bertz CT molecular complexity index is 306. The lowest BCUT2D eigenvalue weighted by Gasteiger charge is -2.41. The van der Waals surface area contributed by atoms with Crippen LogP contribution in [0.4, 0.5) is 0 Å². The molecule has 1 amide bonds. The molecule has 0 bridgehead atoms. The van der Waals surface area contributed by atoms with Crippen molar-refractivity contribution >= 4 is 5.91 Å². The molecular weight excluding hydrogens is 252 g/mol. The predicted octanol–water partition coefficient (Wildman–Crippen LogP) is 2.18.